The number of phenolic OH excluding ortho intramolecular Hbond substituents is 1. The van der Waals surface area contributed by atoms with E-state index >= 15 is 4.39 Å². The van der Waals surface area contributed by atoms with Gasteiger partial charge in [-0.3, -0.25) is 9.59 Å². The van der Waals surface area contributed by atoms with Crippen LogP contribution in [0.3, 0.4) is 0 Å². The zero-order valence-electron chi connectivity index (χ0n) is 24.5. The summed E-state index contributed by atoms with van der Waals surface area (Å²) in [5.74, 6) is -3.23. The number of hydrogen-bond donors (Lipinski definition) is 2. The van der Waals surface area contributed by atoms with Crippen LogP contribution in [0.4, 0.5) is 14.9 Å². The zero-order chi connectivity index (χ0) is 30.9. The summed E-state index contributed by atoms with van der Waals surface area (Å²) in [7, 11) is -4.34. The average molecular weight is 626 g/mol. The molecule has 2 N–H and O–H groups in total. The third-order valence-corrected chi connectivity index (χ3v) is 10.1. The number of anilines is 1. The fraction of sp³-hybridized carbons (Fsp3) is 0.690. The van der Waals surface area contributed by atoms with Crippen molar-refractivity contribution in [2.45, 2.75) is 83.5 Å². The van der Waals surface area contributed by atoms with E-state index < -0.39 is 64.2 Å². The third kappa shape index (κ3) is 7.17. The molecule has 1 aliphatic carbocycles. The molecule has 43 heavy (non-hydrogen) atoms. The van der Waals surface area contributed by atoms with Crippen molar-refractivity contribution in [3.8, 4) is 5.75 Å². The van der Waals surface area contributed by atoms with Gasteiger partial charge in [-0.15, -0.1) is 0 Å². The molecule has 14 heteroatoms. The van der Waals surface area contributed by atoms with Crippen LogP contribution in [0.2, 0.25) is 0 Å². The second kappa shape index (κ2) is 12.8. The van der Waals surface area contributed by atoms with E-state index in [0.717, 1.165) is 25.7 Å². The fourth-order valence-electron chi connectivity index (χ4n) is 6.02. The summed E-state index contributed by atoms with van der Waals surface area (Å²) in [4.78, 5) is 39.6. The van der Waals surface area contributed by atoms with Gasteiger partial charge >= 0.3 is 22.3 Å². The van der Waals surface area contributed by atoms with Crippen LogP contribution in [0.1, 0.15) is 76.7 Å². The van der Waals surface area contributed by atoms with Crippen LogP contribution in [0, 0.1) is 23.6 Å². The van der Waals surface area contributed by atoms with Crippen LogP contribution in [0.5, 0.6) is 5.75 Å². The number of likely N-dealkylation sites (tertiary alicyclic amines) is 1. The molecular weight excluding hydrogens is 585 g/mol. The van der Waals surface area contributed by atoms with Gasteiger partial charge in [0.25, 0.3) is 12.2 Å². The molecule has 3 heterocycles. The van der Waals surface area contributed by atoms with Gasteiger partial charge in [0, 0.05) is 25.1 Å². The minimum atomic E-state index is -4.34. The van der Waals surface area contributed by atoms with Gasteiger partial charge in [-0.2, -0.15) is 8.42 Å². The topological polar surface area (TPSA) is 152 Å². The number of esters is 1. The van der Waals surface area contributed by atoms with Crippen LogP contribution in [0.25, 0.3) is 0 Å². The lowest BCUT2D eigenvalue weighted by Crippen LogP contribution is -2.43. The molecule has 5 rings (SSSR count). The first kappa shape index (κ1) is 31.3. The third-order valence-electron chi connectivity index (χ3n) is 8.74. The van der Waals surface area contributed by atoms with Crippen molar-refractivity contribution >= 4 is 33.9 Å². The Kier molecular flexibility index (Phi) is 9.35. The molecule has 12 nitrogen and oxygen atoms in total. The van der Waals surface area contributed by atoms with Gasteiger partial charge in [-0.05, 0) is 62.0 Å². The highest BCUT2D eigenvalue weighted by Crippen LogP contribution is 2.42. The van der Waals surface area contributed by atoms with Crippen LogP contribution in [-0.2, 0) is 34.0 Å². The van der Waals surface area contributed by atoms with Crippen LogP contribution >= 0.6 is 0 Å². The quantitative estimate of drug-likeness (QED) is 0.310. The number of nitrogens with one attached hydrogen (secondary N) is 1. The Morgan fingerprint density at radius 1 is 1.12 bits per heavy atom. The maximum Gasteiger partial charge on any atom is 0.413 e. The molecule has 4 atom stereocenters. The summed E-state index contributed by atoms with van der Waals surface area (Å²) in [5, 5.41) is 10.4. The Hall–Kier alpha value is -3.13. The zero-order valence-corrected chi connectivity index (χ0v) is 25.3. The molecule has 238 valence electrons. The predicted octanol–water partition coefficient (Wildman–Crippen LogP) is 3.54. The Bertz CT molecular complexity index is 1330. The monoisotopic (exact) mass is 625 g/mol. The molecule has 4 fully saturated rings. The van der Waals surface area contributed by atoms with Gasteiger partial charge < -0.3 is 24.2 Å². The number of hydrogen-bond acceptors (Lipinski definition) is 9. The highest BCUT2D eigenvalue weighted by atomic mass is 32.2. The molecule has 3 saturated heterocycles. The molecular formula is C29H40FN3O9S. The summed E-state index contributed by atoms with van der Waals surface area (Å²) in [5.41, 5.74) is -0.373. The maximum atomic E-state index is 15.9. The van der Waals surface area contributed by atoms with Crippen molar-refractivity contribution in [3.05, 3.63) is 23.5 Å². The Morgan fingerprint density at radius 3 is 2.51 bits per heavy atom. The van der Waals surface area contributed by atoms with Crippen molar-refractivity contribution in [2.75, 3.05) is 30.6 Å². The minimum Gasteiger partial charge on any atom is -0.506 e. The van der Waals surface area contributed by atoms with E-state index in [4.69, 9.17) is 14.2 Å². The smallest absolute Gasteiger partial charge is 0.413 e. The van der Waals surface area contributed by atoms with Gasteiger partial charge in [-0.1, -0.05) is 32.8 Å². The number of phenols is 1. The van der Waals surface area contributed by atoms with E-state index in [1.807, 2.05) is 0 Å². The number of carbonyl (C=O) groups excluding carboxylic acids is 3. The highest BCUT2D eigenvalue weighted by Gasteiger charge is 2.40. The summed E-state index contributed by atoms with van der Waals surface area (Å²) in [6, 6.07) is 2.47. The predicted molar refractivity (Wildman–Crippen MR) is 152 cm³/mol. The van der Waals surface area contributed by atoms with E-state index in [0.29, 0.717) is 42.5 Å². The molecule has 2 amide bonds. The molecule has 0 bridgehead atoms. The molecule has 0 radical (unpaired) electrons. The van der Waals surface area contributed by atoms with Crippen molar-refractivity contribution in [1.82, 2.24) is 9.62 Å². The van der Waals surface area contributed by atoms with E-state index in [1.54, 1.807) is 23.5 Å². The first-order valence-corrected chi connectivity index (χ1v) is 16.5. The highest BCUT2D eigenvalue weighted by molar-refractivity contribution is 7.92. The summed E-state index contributed by atoms with van der Waals surface area (Å²) in [6.45, 7) is 3.96. The van der Waals surface area contributed by atoms with Crippen LogP contribution in [-0.4, -0.2) is 75.0 Å². The van der Waals surface area contributed by atoms with Gasteiger partial charge in [-0.25, -0.2) is 18.2 Å². The van der Waals surface area contributed by atoms with Crippen LogP contribution in [0.15, 0.2) is 12.1 Å². The number of amides is 2. The van der Waals surface area contributed by atoms with E-state index in [9.17, 15) is 27.9 Å². The van der Waals surface area contributed by atoms with Crippen molar-refractivity contribution in [1.29, 1.82) is 0 Å². The van der Waals surface area contributed by atoms with E-state index in [-0.39, 0.29) is 36.6 Å². The lowest BCUT2D eigenvalue weighted by Gasteiger charge is -2.32. The lowest BCUT2D eigenvalue weighted by molar-refractivity contribution is -0.181. The maximum absolute atomic E-state index is 15.9. The molecule has 0 spiro atoms. The second-order valence-corrected chi connectivity index (χ2v) is 13.9. The van der Waals surface area contributed by atoms with Gasteiger partial charge in [0.1, 0.15) is 18.0 Å². The van der Waals surface area contributed by atoms with Crippen molar-refractivity contribution in [3.63, 3.8) is 0 Å². The van der Waals surface area contributed by atoms with E-state index in [2.05, 4.69) is 0 Å². The minimum absolute atomic E-state index is 0.176. The largest absolute Gasteiger partial charge is 0.506 e. The number of ether oxygens (including phenoxy) is 3. The van der Waals surface area contributed by atoms with Gasteiger partial charge in [0.2, 0.25) is 0 Å². The number of nitrogens with zero attached hydrogens (tertiary/aromatic N) is 2. The van der Waals surface area contributed by atoms with Gasteiger partial charge in [0.05, 0.1) is 12.5 Å². The summed E-state index contributed by atoms with van der Waals surface area (Å²) >= 11 is 0. The molecule has 0 aromatic heterocycles. The normalized spacial score (nSPS) is 26.2. The Morgan fingerprint density at radius 2 is 1.88 bits per heavy atom. The average Bonchev–Trinajstić information content (AvgIpc) is 3.58. The molecule has 1 saturated carbocycles. The number of benzene rings is 1. The molecule has 4 aliphatic rings. The molecule has 4 unspecified atom stereocenters. The molecule has 1 aromatic rings. The second-order valence-electron chi connectivity index (χ2n) is 12.3. The van der Waals surface area contributed by atoms with Crippen molar-refractivity contribution < 1.29 is 46.5 Å². The first-order valence-electron chi connectivity index (χ1n) is 15.0. The molecule has 3 aliphatic heterocycles. The number of rotatable bonds is 9. The number of halogens is 1. The lowest BCUT2D eigenvalue weighted by atomic mass is 9.89. The first-order chi connectivity index (χ1) is 20.4. The van der Waals surface area contributed by atoms with Crippen LogP contribution < -0.4 is 9.03 Å². The van der Waals surface area contributed by atoms with Gasteiger partial charge in [0.15, 0.2) is 5.82 Å². The standard InChI is InChI=1S/C29H40FN3O9S/c1-17(2)28(41-27(36)20-12-14-40-16-20)42-29(37)32-13-11-19(6-8-21(32)7-5-18-3-4-18)22-9-10-23(34)26(25(22)30)33-15-24(35)31-43(33,38)39/h9-10,17-21,28,34H,3-8,11-16H2,1-2H3,(H,31,35). The number of aromatic hydroxyl groups is 1. The fourth-order valence-corrected chi connectivity index (χ4v) is 7.18. The van der Waals surface area contributed by atoms with E-state index in [1.165, 1.54) is 12.1 Å². The summed E-state index contributed by atoms with van der Waals surface area (Å²) < 4.78 is 59.7. The SMILES string of the molecule is CC(C)C(OC(=O)C1CCOC1)OC(=O)N1CCC(c2ccc(O)c(N3CC(=O)NS3(=O)=O)c2F)CCC1CCC1CC1. The molecule has 1 aromatic carbocycles. The Labute approximate surface area is 251 Å². The Balaban J connectivity index is 1.33. The summed E-state index contributed by atoms with van der Waals surface area (Å²) in [6.07, 6.45) is 4.32. The number of carbonyl (C=O) groups is 3. The van der Waals surface area contributed by atoms with Crippen molar-refractivity contribution in [2.24, 2.45) is 17.8 Å².